The van der Waals surface area contributed by atoms with E-state index < -0.39 is 0 Å². The summed E-state index contributed by atoms with van der Waals surface area (Å²) in [6, 6.07) is 13.3. The third kappa shape index (κ3) is 1.92. The van der Waals surface area contributed by atoms with Gasteiger partial charge in [-0.25, -0.2) is 0 Å². The first-order valence-electron chi connectivity index (χ1n) is 6.15. The van der Waals surface area contributed by atoms with Gasteiger partial charge in [0, 0.05) is 21.7 Å². The molecule has 17 heavy (non-hydrogen) atoms. The van der Waals surface area contributed by atoms with E-state index in [9.17, 15) is 0 Å². The second-order valence-corrected chi connectivity index (χ2v) is 6.14. The topological polar surface area (TPSA) is 26.0 Å². The summed E-state index contributed by atoms with van der Waals surface area (Å²) in [5.74, 6) is 0.504. The molecule has 2 unspecified atom stereocenters. The van der Waals surface area contributed by atoms with Gasteiger partial charge in [-0.2, -0.15) is 0 Å². The van der Waals surface area contributed by atoms with Gasteiger partial charge >= 0.3 is 0 Å². The number of thiophene rings is 1. The molecule has 2 atom stereocenters. The highest BCUT2D eigenvalue weighted by Gasteiger charge is 2.28. The third-order valence-corrected chi connectivity index (χ3v) is 4.80. The van der Waals surface area contributed by atoms with E-state index in [0.717, 1.165) is 0 Å². The van der Waals surface area contributed by atoms with Crippen molar-refractivity contribution in [1.29, 1.82) is 0 Å². The lowest BCUT2D eigenvalue weighted by Crippen LogP contribution is -2.16. The quantitative estimate of drug-likeness (QED) is 0.853. The van der Waals surface area contributed by atoms with Crippen LogP contribution in [0.4, 0.5) is 0 Å². The van der Waals surface area contributed by atoms with Crippen LogP contribution in [0.2, 0.25) is 0 Å². The lowest BCUT2D eigenvalue weighted by Gasteiger charge is -2.19. The first-order chi connectivity index (χ1) is 8.25. The Bertz CT molecular complexity index is 529. The Balaban J connectivity index is 1.92. The van der Waals surface area contributed by atoms with Crippen LogP contribution < -0.4 is 5.73 Å². The zero-order valence-electron chi connectivity index (χ0n) is 10.0. The van der Waals surface area contributed by atoms with E-state index >= 15 is 0 Å². The number of hydrogen-bond acceptors (Lipinski definition) is 2. The zero-order chi connectivity index (χ0) is 11.8. The van der Waals surface area contributed by atoms with E-state index in [4.69, 9.17) is 5.73 Å². The fourth-order valence-electron chi connectivity index (χ4n) is 2.79. The van der Waals surface area contributed by atoms with E-state index in [-0.39, 0.29) is 6.04 Å². The lowest BCUT2D eigenvalue weighted by atomic mass is 9.93. The number of fused-ring (bicyclic) bond motifs is 1. The average molecular weight is 243 g/mol. The minimum absolute atomic E-state index is 0.164. The summed E-state index contributed by atoms with van der Waals surface area (Å²) in [6.07, 6.45) is 2.37. The van der Waals surface area contributed by atoms with Crippen LogP contribution in [0.25, 0.3) is 0 Å². The molecule has 0 spiro atoms. The van der Waals surface area contributed by atoms with Gasteiger partial charge < -0.3 is 5.73 Å². The SMILES string of the molecule is Cc1ccc(C(N)C2CCc3ccccc32)s1. The maximum atomic E-state index is 6.44. The van der Waals surface area contributed by atoms with Gasteiger partial charge in [0.05, 0.1) is 0 Å². The van der Waals surface area contributed by atoms with Gasteiger partial charge in [0.2, 0.25) is 0 Å². The van der Waals surface area contributed by atoms with Crippen LogP contribution in [-0.2, 0) is 6.42 Å². The molecule has 2 N–H and O–H groups in total. The Morgan fingerprint density at radius 3 is 2.82 bits per heavy atom. The van der Waals surface area contributed by atoms with Crippen LogP contribution in [0.3, 0.4) is 0 Å². The molecule has 1 aromatic carbocycles. The Hall–Kier alpha value is -1.12. The largest absolute Gasteiger partial charge is 0.323 e. The lowest BCUT2D eigenvalue weighted by molar-refractivity contribution is 0.558. The van der Waals surface area contributed by atoms with Crippen LogP contribution >= 0.6 is 11.3 Å². The van der Waals surface area contributed by atoms with E-state index in [1.807, 2.05) is 11.3 Å². The second kappa shape index (κ2) is 4.28. The van der Waals surface area contributed by atoms with Crippen molar-refractivity contribution >= 4 is 11.3 Å². The van der Waals surface area contributed by atoms with Gasteiger partial charge in [0.1, 0.15) is 0 Å². The summed E-state index contributed by atoms with van der Waals surface area (Å²) in [5.41, 5.74) is 9.39. The minimum atomic E-state index is 0.164. The van der Waals surface area contributed by atoms with E-state index in [1.54, 1.807) is 0 Å². The molecule has 0 aliphatic heterocycles. The number of aryl methyl sites for hydroxylation is 2. The van der Waals surface area contributed by atoms with E-state index in [0.29, 0.717) is 5.92 Å². The van der Waals surface area contributed by atoms with E-state index in [2.05, 4.69) is 43.3 Å². The van der Waals surface area contributed by atoms with Gasteiger partial charge in [-0.15, -0.1) is 11.3 Å². The molecular formula is C15H17NS. The molecule has 1 nitrogen and oxygen atoms in total. The minimum Gasteiger partial charge on any atom is -0.323 e. The first kappa shape index (κ1) is 11.0. The highest BCUT2D eigenvalue weighted by atomic mass is 32.1. The monoisotopic (exact) mass is 243 g/mol. The van der Waals surface area contributed by atoms with Crippen molar-refractivity contribution in [1.82, 2.24) is 0 Å². The molecule has 3 rings (SSSR count). The van der Waals surface area contributed by atoms with Crippen molar-refractivity contribution in [3.8, 4) is 0 Å². The second-order valence-electron chi connectivity index (χ2n) is 4.82. The summed E-state index contributed by atoms with van der Waals surface area (Å²) >= 11 is 1.83. The van der Waals surface area contributed by atoms with Gasteiger partial charge in [0.25, 0.3) is 0 Å². The first-order valence-corrected chi connectivity index (χ1v) is 6.97. The fourth-order valence-corrected chi connectivity index (χ4v) is 3.74. The third-order valence-electron chi connectivity index (χ3n) is 3.70. The molecule has 0 fully saturated rings. The molecule has 0 radical (unpaired) electrons. The molecular weight excluding hydrogens is 226 g/mol. The average Bonchev–Trinajstić information content (AvgIpc) is 2.94. The van der Waals surface area contributed by atoms with Crippen LogP contribution in [0.5, 0.6) is 0 Å². The van der Waals surface area contributed by atoms with Gasteiger partial charge in [-0.3, -0.25) is 0 Å². The summed E-state index contributed by atoms with van der Waals surface area (Å²) in [7, 11) is 0. The van der Waals surface area contributed by atoms with Crippen molar-refractivity contribution in [2.24, 2.45) is 5.73 Å². The van der Waals surface area contributed by atoms with Gasteiger partial charge in [0.15, 0.2) is 0 Å². The Kier molecular flexibility index (Phi) is 2.77. The normalized spacial score (nSPS) is 20.2. The number of hydrogen-bond donors (Lipinski definition) is 1. The van der Waals surface area contributed by atoms with Crippen molar-refractivity contribution in [2.75, 3.05) is 0 Å². The Labute approximate surface area is 106 Å². The maximum Gasteiger partial charge on any atom is 0.0459 e. The van der Waals surface area contributed by atoms with Crippen LogP contribution in [0.1, 0.15) is 39.3 Å². The van der Waals surface area contributed by atoms with E-state index in [1.165, 1.54) is 33.7 Å². The number of benzene rings is 1. The zero-order valence-corrected chi connectivity index (χ0v) is 10.8. The summed E-state index contributed by atoms with van der Waals surface area (Å²) in [6.45, 7) is 2.14. The predicted octanol–water partition coefficient (Wildman–Crippen LogP) is 3.79. The van der Waals surface area contributed by atoms with Gasteiger partial charge in [-0.1, -0.05) is 24.3 Å². The molecule has 2 heteroatoms. The molecule has 2 aromatic rings. The molecule has 1 aliphatic carbocycles. The van der Waals surface area contributed by atoms with Crippen molar-refractivity contribution < 1.29 is 0 Å². The maximum absolute atomic E-state index is 6.44. The van der Waals surface area contributed by atoms with Crippen molar-refractivity contribution in [3.05, 3.63) is 57.3 Å². The van der Waals surface area contributed by atoms with Crippen LogP contribution in [-0.4, -0.2) is 0 Å². The smallest absolute Gasteiger partial charge is 0.0459 e. The fraction of sp³-hybridized carbons (Fsp3) is 0.333. The number of nitrogens with two attached hydrogens (primary N) is 1. The Morgan fingerprint density at radius 1 is 1.24 bits per heavy atom. The molecule has 0 amide bonds. The Morgan fingerprint density at radius 2 is 2.06 bits per heavy atom. The molecule has 0 saturated carbocycles. The van der Waals surface area contributed by atoms with Gasteiger partial charge in [-0.05, 0) is 43.0 Å². The van der Waals surface area contributed by atoms with Crippen molar-refractivity contribution in [2.45, 2.75) is 31.7 Å². The van der Waals surface area contributed by atoms with Crippen LogP contribution in [0, 0.1) is 6.92 Å². The molecule has 1 heterocycles. The predicted molar refractivity (Wildman–Crippen MR) is 73.5 cm³/mol. The summed E-state index contributed by atoms with van der Waals surface area (Å²) < 4.78 is 0. The highest BCUT2D eigenvalue weighted by Crippen LogP contribution is 2.41. The molecule has 0 saturated heterocycles. The summed E-state index contributed by atoms with van der Waals surface area (Å²) in [5, 5.41) is 0. The molecule has 88 valence electrons. The molecule has 1 aromatic heterocycles. The molecule has 1 aliphatic rings. The summed E-state index contributed by atoms with van der Waals surface area (Å²) in [4.78, 5) is 2.67. The molecule has 0 bridgehead atoms. The number of rotatable bonds is 2. The highest BCUT2D eigenvalue weighted by molar-refractivity contribution is 7.12. The standard InChI is InChI=1S/C15H17NS/c1-10-6-9-14(17-10)15(16)13-8-7-11-4-2-3-5-12(11)13/h2-6,9,13,15H,7-8,16H2,1H3. The van der Waals surface area contributed by atoms with Crippen LogP contribution in [0.15, 0.2) is 36.4 Å². The van der Waals surface area contributed by atoms with Crippen molar-refractivity contribution in [3.63, 3.8) is 0 Å².